The van der Waals surface area contributed by atoms with Gasteiger partial charge in [-0.3, -0.25) is 0 Å². The topological polar surface area (TPSA) is 52.9 Å². The highest BCUT2D eigenvalue weighted by atomic mass is 35.5. The number of carbonyl (C=O) groups is 1. The zero-order chi connectivity index (χ0) is 21.8. The molecule has 2 atom stereocenters. The largest absolute Gasteiger partial charge is 0.477 e. The van der Waals surface area contributed by atoms with Gasteiger partial charge in [0.05, 0.1) is 6.04 Å². The van der Waals surface area contributed by atoms with Gasteiger partial charge in [-0.25, -0.2) is 14.2 Å². The molecule has 0 unspecified atom stereocenters. The molecule has 2 aliphatic heterocycles. The molecule has 0 aliphatic carbocycles. The minimum absolute atomic E-state index is 0.0956. The molecule has 0 fully saturated rings. The molecule has 156 valence electrons. The standard InChI is InChI=1S/C22H19Cl2FN2O2S/c1-11(2)17-18(20(28)29)30-21-26-22(3,12-4-6-13(23)7-5-12)19(27(17)21)15-9-8-14(24)10-16(15)25/h4-11,19H,1-3H3,(H,28,29)/t19-,22+/m1/s1. The summed E-state index contributed by atoms with van der Waals surface area (Å²) >= 11 is 13.2. The first-order valence-electron chi connectivity index (χ1n) is 9.39. The number of thioether (sulfide) groups is 1. The average molecular weight is 465 g/mol. The molecule has 0 spiro atoms. The van der Waals surface area contributed by atoms with Crippen LogP contribution in [0.15, 0.2) is 58.1 Å². The minimum Gasteiger partial charge on any atom is -0.477 e. The number of allylic oxidation sites excluding steroid dienone is 1. The summed E-state index contributed by atoms with van der Waals surface area (Å²) in [5.74, 6) is -1.56. The fraction of sp³-hybridized carbons (Fsp3) is 0.273. The Balaban J connectivity index is 1.96. The van der Waals surface area contributed by atoms with Crippen molar-refractivity contribution in [3.8, 4) is 0 Å². The summed E-state index contributed by atoms with van der Waals surface area (Å²) in [6.07, 6.45) is 0. The number of amidine groups is 1. The van der Waals surface area contributed by atoms with Gasteiger partial charge in [-0.05, 0) is 54.4 Å². The first-order valence-corrected chi connectivity index (χ1v) is 11.0. The second-order valence-corrected chi connectivity index (χ2v) is 9.61. The fourth-order valence-electron chi connectivity index (χ4n) is 4.11. The predicted octanol–water partition coefficient (Wildman–Crippen LogP) is 6.46. The van der Waals surface area contributed by atoms with Crippen molar-refractivity contribution in [3.63, 3.8) is 0 Å². The molecule has 0 bridgehead atoms. The molecular weight excluding hydrogens is 446 g/mol. The summed E-state index contributed by atoms with van der Waals surface area (Å²) < 4.78 is 15.1. The van der Waals surface area contributed by atoms with Gasteiger partial charge in [0.25, 0.3) is 0 Å². The van der Waals surface area contributed by atoms with Gasteiger partial charge in [-0.15, -0.1) is 0 Å². The Labute approximate surface area is 188 Å². The van der Waals surface area contributed by atoms with E-state index in [1.54, 1.807) is 24.3 Å². The SMILES string of the molecule is CC(C)C1=C(C(=O)O)SC2=N[C@@](C)(c3ccc(Cl)cc3)[C@@H](c3ccc(Cl)cc3F)N21. The maximum Gasteiger partial charge on any atom is 0.344 e. The van der Waals surface area contributed by atoms with Gasteiger partial charge in [-0.2, -0.15) is 0 Å². The van der Waals surface area contributed by atoms with Gasteiger partial charge in [0.15, 0.2) is 5.17 Å². The molecule has 4 rings (SSSR count). The molecule has 2 aromatic carbocycles. The Morgan fingerprint density at radius 3 is 2.40 bits per heavy atom. The highest BCUT2D eigenvalue weighted by Crippen LogP contribution is 2.56. The smallest absolute Gasteiger partial charge is 0.344 e. The van der Waals surface area contributed by atoms with Crippen molar-refractivity contribution in [2.24, 2.45) is 10.9 Å². The third kappa shape index (κ3) is 3.31. The lowest BCUT2D eigenvalue weighted by molar-refractivity contribution is -0.131. The summed E-state index contributed by atoms with van der Waals surface area (Å²) in [5, 5.41) is 11.2. The van der Waals surface area contributed by atoms with Crippen LogP contribution >= 0.6 is 35.0 Å². The van der Waals surface area contributed by atoms with Gasteiger partial charge in [0.2, 0.25) is 0 Å². The zero-order valence-corrected chi connectivity index (χ0v) is 18.8. The van der Waals surface area contributed by atoms with Gasteiger partial charge in [-0.1, -0.05) is 55.2 Å². The summed E-state index contributed by atoms with van der Waals surface area (Å²) in [5.41, 5.74) is 1.03. The molecule has 0 aromatic heterocycles. The third-order valence-electron chi connectivity index (χ3n) is 5.44. The number of carboxylic acid groups (broad SMARTS) is 1. The summed E-state index contributed by atoms with van der Waals surface area (Å²) in [6, 6.07) is 11.3. The molecule has 2 aromatic rings. The van der Waals surface area contributed by atoms with Gasteiger partial charge in [0.1, 0.15) is 16.3 Å². The second-order valence-electron chi connectivity index (χ2n) is 7.76. The van der Waals surface area contributed by atoms with Crippen LogP contribution in [0.2, 0.25) is 10.0 Å². The molecule has 4 nitrogen and oxygen atoms in total. The highest BCUT2D eigenvalue weighted by molar-refractivity contribution is 8.18. The highest BCUT2D eigenvalue weighted by Gasteiger charge is 2.53. The summed E-state index contributed by atoms with van der Waals surface area (Å²) in [7, 11) is 0. The first-order chi connectivity index (χ1) is 14.1. The lowest BCUT2D eigenvalue weighted by Crippen LogP contribution is -2.36. The molecule has 1 N–H and O–H groups in total. The van der Waals surface area contributed by atoms with Crippen LogP contribution in [0.4, 0.5) is 4.39 Å². The first kappa shape index (κ1) is 21.2. The Hall–Kier alpha value is -2.02. The number of benzene rings is 2. The lowest BCUT2D eigenvalue weighted by atomic mass is 9.81. The van der Waals surface area contributed by atoms with E-state index in [2.05, 4.69) is 0 Å². The number of aliphatic imine (C=N–C) groups is 1. The number of hydrogen-bond donors (Lipinski definition) is 1. The van der Waals surface area contributed by atoms with Crippen LogP contribution < -0.4 is 0 Å². The Morgan fingerprint density at radius 2 is 1.83 bits per heavy atom. The van der Waals surface area contributed by atoms with Crippen LogP contribution in [-0.2, 0) is 10.3 Å². The Bertz CT molecular complexity index is 1100. The monoisotopic (exact) mass is 464 g/mol. The quantitative estimate of drug-likeness (QED) is 0.563. The number of aliphatic carboxylic acids is 1. The van der Waals surface area contributed by atoms with Crippen LogP contribution in [0.1, 0.15) is 37.9 Å². The molecule has 30 heavy (non-hydrogen) atoms. The number of hydrogen-bond acceptors (Lipinski definition) is 4. The van der Waals surface area contributed by atoms with E-state index in [4.69, 9.17) is 28.2 Å². The van der Waals surface area contributed by atoms with E-state index in [0.29, 0.717) is 26.5 Å². The number of fused-ring (bicyclic) bond motifs is 1. The van der Waals surface area contributed by atoms with Crippen molar-refractivity contribution in [2.75, 3.05) is 0 Å². The minimum atomic E-state index is -1.01. The molecule has 8 heteroatoms. The van der Waals surface area contributed by atoms with E-state index in [0.717, 1.165) is 17.3 Å². The van der Waals surface area contributed by atoms with Crippen molar-refractivity contribution < 1.29 is 14.3 Å². The Morgan fingerprint density at radius 1 is 1.20 bits per heavy atom. The van der Waals surface area contributed by atoms with Gasteiger partial charge in [0, 0.05) is 21.3 Å². The van der Waals surface area contributed by atoms with Crippen molar-refractivity contribution in [1.29, 1.82) is 0 Å². The molecule has 0 radical (unpaired) electrons. The zero-order valence-electron chi connectivity index (χ0n) is 16.5. The van der Waals surface area contributed by atoms with Crippen molar-refractivity contribution >= 4 is 46.1 Å². The maximum atomic E-state index is 15.1. The number of carboxylic acids is 1. The summed E-state index contributed by atoms with van der Waals surface area (Å²) in [4.78, 5) is 18.9. The summed E-state index contributed by atoms with van der Waals surface area (Å²) in [6.45, 7) is 5.78. The third-order valence-corrected chi connectivity index (χ3v) is 6.98. The van der Waals surface area contributed by atoms with E-state index >= 15 is 4.39 Å². The van der Waals surface area contributed by atoms with E-state index in [-0.39, 0.29) is 10.8 Å². The average Bonchev–Trinajstić information content (AvgIpc) is 3.16. The molecule has 2 aliphatic rings. The van der Waals surface area contributed by atoms with Crippen molar-refractivity contribution in [3.05, 3.63) is 80.1 Å². The number of rotatable bonds is 4. The van der Waals surface area contributed by atoms with Gasteiger partial charge >= 0.3 is 5.97 Å². The lowest BCUT2D eigenvalue weighted by Gasteiger charge is -2.37. The van der Waals surface area contributed by atoms with E-state index in [1.165, 1.54) is 6.07 Å². The van der Waals surface area contributed by atoms with Crippen molar-refractivity contribution in [1.82, 2.24) is 4.90 Å². The van der Waals surface area contributed by atoms with Crippen LogP contribution in [0, 0.1) is 11.7 Å². The second kappa shape index (κ2) is 7.59. The van der Waals surface area contributed by atoms with E-state index in [1.807, 2.05) is 37.8 Å². The van der Waals surface area contributed by atoms with E-state index in [9.17, 15) is 9.90 Å². The van der Waals surface area contributed by atoms with E-state index < -0.39 is 23.4 Å². The molecule has 0 saturated carbocycles. The van der Waals surface area contributed by atoms with Crippen LogP contribution in [-0.4, -0.2) is 21.1 Å². The Kier molecular flexibility index (Phi) is 5.37. The predicted molar refractivity (Wildman–Crippen MR) is 119 cm³/mol. The van der Waals surface area contributed by atoms with Crippen LogP contribution in [0.3, 0.4) is 0 Å². The number of nitrogens with zero attached hydrogens (tertiary/aromatic N) is 2. The molecule has 2 heterocycles. The van der Waals surface area contributed by atoms with Crippen LogP contribution in [0.5, 0.6) is 0 Å². The fourth-order valence-corrected chi connectivity index (χ4v) is 5.64. The van der Waals surface area contributed by atoms with Gasteiger partial charge < -0.3 is 10.0 Å². The normalized spacial score (nSPS) is 23.2. The molecule has 0 saturated heterocycles. The van der Waals surface area contributed by atoms with Crippen LogP contribution in [0.25, 0.3) is 0 Å². The number of halogens is 3. The maximum absolute atomic E-state index is 15.1. The molecular formula is C22H19Cl2FN2O2S. The van der Waals surface area contributed by atoms with Crippen molar-refractivity contribution in [2.45, 2.75) is 32.4 Å². The molecule has 0 amide bonds.